The minimum absolute atomic E-state index is 0.102. The van der Waals surface area contributed by atoms with Gasteiger partial charge in [0.05, 0.1) is 6.61 Å². The molecule has 0 aliphatic heterocycles. The van der Waals surface area contributed by atoms with Crippen LogP contribution in [0.15, 0.2) is 65.1 Å². The Bertz CT molecular complexity index is 1020. The van der Waals surface area contributed by atoms with Gasteiger partial charge >= 0.3 is 0 Å². The molecule has 2 N–H and O–H groups in total. The second kappa shape index (κ2) is 10.8. The van der Waals surface area contributed by atoms with Crippen LogP contribution in [0.1, 0.15) is 25.0 Å². The molecule has 0 saturated carbocycles. The molecule has 162 valence electrons. The number of benzene rings is 3. The fraction of sp³-hybridized carbons (Fsp3) is 0.208. The lowest BCUT2D eigenvalue weighted by Gasteiger charge is -2.16. The number of nitrogens with one attached hydrogen (secondary N) is 2. The quantitative estimate of drug-likeness (QED) is 0.381. The van der Waals surface area contributed by atoms with Crippen molar-refractivity contribution in [1.29, 1.82) is 0 Å². The lowest BCUT2D eigenvalue weighted by Crippen LogP contribution is -2.06. The van der Waals surface area contributed by atoms with Gasteiger partial charge in [-0.05, 0) is 66.6 Å². The number of rotatable bonds is 9. The average Bonchev–Trinajstić information content (AvgIpc) is 2.74. The van der Waals surface area contributed by atoms with Gasteiger partial charge in [0, 0.05) is 29.3 Å². The topological polar surface area (TPSA) is 59.6 Å². The van der Waals surface area contributed by atoms with E-state index in [1.165, 1.54) is 19.1 Å². The summed E-state index contributed by atoms with van der Waals surface area (Å²) in [4.78, 5) is 11.1. The first-order chi connectivity index (χ1) is 14.9. The number of hydrogen-bond acceptors (Lipinski definition) is 4. The zero-order chi connectivity index (χ0) is 22.2. The number of anilines is 2. The van der Waals surface area contributed by atoms with Crippen LogP contribution in [-0.4, -0.2) is 12.5 Å². The first-order valence-corrected chi connectivity index (χ1v) is 10.7. The molecule has 1 amide bonds. The lowest BCUT2D eigenvalue weighted by molar-refractivity contribution is -0.114. The summed E-state index contributed by atoms with van der Waals surface area (Å²) < 4.78 is 25.7. The average molecular weight is 487 g/mol. The van der Waals surface area contributed by atoms with E-state index in [4.69, 9.17) is 9.47 Å². The van der Waals surface area contributed by atoms with Crippen molar-refractivity contribution < 1.29 is 18.7 Å². The zero-order valence-electron chi connectivity index (χ0n) is 17.4. The van der Waals surface area contributed by atoms with Crippen LogP contribution in [0, 0.1) is 5.82 Å². The van der Waals surface area contributed by atoms with Gasteiger partial charge in [-0.2, -0.15) is 0 Å². The summed E-state index contributed by atoms with van der Waals surface area (Å²) in [6.07, 6.45) is 0. The minimum atomic E-state index is -0.275. The Kier molecular flexibility index (Phi) is 7.89. The number of ether oxygens (including phenoxy) is 2. The summed E-state index contributed by atoms with van der Waals surface area (Å²) in [5.41, 5.74) is 3.55. The second-order valence-corrected chi connectivity index (χ2v) is 7.70. The molecule has 0 bridgehead atoms. The molecule has 3 aromatic rings. The highest BCUT2D eigenvalue weighted by Gasteiger charge is 2.12. The highest BCUT2D eigenvalue weighted by atomic mass is 79.9. The van der Waals surface area contributed by atoms with Crippen LogP contribution in [0.5, 0.6) is 11.5 Å². The number of carbonyl (C=O) groups excluding carboxylic acids is 1. The number of carbonyl (C=O) groups is 1. The van der Waals surface area contributed by atoms with Crippen molar-refractivity contribution in [3.8, 4) is 11.5 Å². The standard InChI is InChI=1S/C24H24BrFN2O3/c1-3-30-23-12-18(14-27-20-8-10-21(11-9-20)28-16(2)29)22(25)13-24(23)31-15-17-4-6-19(26)7-5-17/h4-13,27H,3,14-15H2,1-2H3,(H,28,29). The molecule has 0 atom stereocenters. The van der Waals surface area contributed by atoms with Crippen molar-refractivity contribution in [3.63, 3.8) is 0 Å². The molecule has 0 heterocycles. The Morgan fingerprint density at radius 3 is 2.26 bits per heavy atom. The zero-order valence-corrected chi connectivity index (χ0v) is 19.0. The molecule has 31 heavy (non-hydrogen) atoms. The maximum atomic E-state index is 13.1. The summed E-state index contributed by atoms with van der Waals surface area (Å²) >= 11 is 3.61. The van der Waals surface area contributed by atoms with Gasteiger partial charge in [-0.1, -0.05) is 28.1 Å². The van der Waals surface area contributed by atoms with Crippen molar-refractivity contribution >= 4 is 33.2 Å². The Balaban J connectivity index is 1.68. The molecule has 0 saturated heterocycles. The van der Waals surface area contributed by atoms with Crippen LogP contribution < -0.4 is 20.1 Å². The molecule has 3 aromatic carbocycles. The van der Waals surface area contributed by atoms with E-state index in [0.717, 1.165) is 27.0 Å². The fourth-order valence-corrected chi connectivity index (χ4v) is 3.37. The van der Waals surface area contributed by atoms with Crippen molar-refractivity contribution in [1.82, 2.24) is 0 Å². The predicted octanol–water partition coefficient (Wildman–Crippen LogP) is 6.14. The molecule has 3 rings (SSSR count). The third-order valence-electron chi connectivity index (χ3n) is 4.41. The van der Waals surface area contributed by atoms with E-state index in [9.17, 15) is 9.18 Å². The lowest BCUT2D eigenvalue weighted by atomic mass is 10.2. The SMILES string of the molecule is CCOc1cc(CNc2ccc(NC(C)=O)cc2)c(Br)cc1OCc1ccc(F)cc1. The van der Waals surface area contributed by atoms with Gasteiger partial charge in [0.2, 0.25) is 5.91 Å². The van der Waals surface area contributed by atoms with Crippen LogP contribution in [0.3, 0.4) is 0 Å². The Morgan fingerprint density at radius 1 is 0.968 bits per heavy atom. The Morgan fingerprint density at radius 2 is 1.61 bits per heavy atom. The summed E-state index contributed by atoms with van der Waals surface area (Å²) in [6.45, 7) is 4.78. The van der Waals surface area contributed by atoms with Crippen LogP contribution in [0.4, 0.5) is 15.8 Å². The molecule has 0 fully saturated rings. The van der Waals surface area contributed by atoms with E-state index in [0.29, 0.717) is 31.3 Å². The molecular weight excluding hydrogens is 463 g/mol. The monoisotopic (exact) mass is 486 g/mol. The maximum Gasteiger partial charge on any atom is 0.221 e. The largest absolute Gasteiger partial charge is 0.490 e. The third kappa shape index (κ3) is 6.72. The summed E-state index contributed by atoms with van der Waals surface area (Å²) in [7, 11) is 0. The van der Waals surface area contributed by atoms with Gasteiger partial charge in [-0.3, -0.25) is 4.79 Å². The van der Waals surface area contributed by atoms with E-state index < -0.39 is 0 Å². The molecule has 0 radical (unpaired) electrons. The van der Waals surface area contributed by atoms with Gasteiger partial charge < -0.3 is 20.1 Å². The van der Waals surface area contributed by atoms with Crippen molar-refractivity contribution in [2.75, 3.05) is 17.2 Å². The summed E-state index contributed by atoms with van der Waals surface area (Å²) in [5.74, 6) is 0.880. The number of halogens is 2. The van der Waals surface area contributed by atoms with Gasteiger partial charge in [-0.15, -0.1) is 0 Å². The van der Waals surface area contributed by atoms with Gasteiger partial charge in [0.15, 0.2) is 11.5 Å². The van der Waals surface area contributed by atoms with Gasteiger partial charge in [0.25, 0.3) is 0 Å². The fourth-order valence-electron chi connectivity index (χ4n) is 2.91. The highest BCUT2D eigenvalue weighted by Crippen LogP contribution is 2.35. The molecule has 7 heteroatoms. The van der Waals surface area contributed by atoms with E-state index in [1.807, 2.05) is 43.3 Å². The van der Waals surface area contributed by atoms with Crippen LogP contribution in [0.25, 0.3) is 0 Å². The van der Waals surface area contributed by atoms with E-state index in [1.54, 1.807) is 12.1 Å². The van der Waals surface area contributed by atoms with Crippen LogP contribution in [-0.2, 0) is 17.9 Å². The Labute approximate surface area is 189 Å². The summed E-state index contributed by atoms with van der Waals surface area (Å²) in [6, 6.07) is 17.5. The molecule has 0 unspecified atom stereocenters. The smallest absolute Gasteiger partial charge is 0.221 e. The van der Waals surface area contributed by atoms with Crippen LogP contribution >= 0.6 is 15.9 Å². The molecule has 0 aliphatic carbocycles. The van der Waals surface area contributed by atoms with E-state index >= 15 is 0 Å². The van der Waals surface area contributed by atoms with Crippen molar-refractivity contribution in [2.45, 2.75) is 27.0 Å². The van der Waals surface area contributed by atoms with E-state index in [-0.39, 0.29) is 11.7 Å². The predicted molar refractivity (Wildman–Crippen MR) is 124 cm³/mol. The number of amides is 1. The van der Waals surface area contributed by atoms with Crippen molar-refractivity contribution in [2.24, 2.45) is 0 Å². The highest BCUT2D eigenvalue weighted by molar-refractivity contribution is 9.10. The second-order valence-electron chi connectivity index (χ2n) is 6.85. The first kappa shape index (κ1) is 22.6. The normalized spacial score (nSPS) is 10.5. The van der Waals surface area contributed by atoms with Crippen LogP contribution in [0.2, 0.25) is 0 Å². The molecule has 0 aromatic heterocycles. The molecule has 0 spiro atoms. The molecule has 5 nitrogen and oxygen atoms in total. The molecular formula is C24H24BrFN2O3. The third-order valence-corrected chi connectivity index (χ3v) is 5.15. The minimum Gasteiger partial charge on any atom is -0.490 e. The Hall–Kier alpha value is -3.06. The maximum absolute atomic E-state index is 13.1. The van der Waals surface area contributed by atoms with Gasteiger partial charge in [0.1, 0.15) is 12.4 Å². The first-order valence-electron chi connectivity index (χ1n) is 9.88. The number of hydrogen-bond donors (Lipinski definition) is 2. The van der Waals surface area contributed by atoms with Crippen molar-refractivity contribution in [3.05, 3.63) is 82.1 Å². The summed E-state index contributed by atoms with van der Waals surface area (Å²) in [5, 5.41) is 6.11. The van der Waals surface area contributed by atoms with E-state index in [2.05, 4.69) is 26.6 Å². The molecule has 0 aliphatic rings. The van der Waals surface area contributed by atoms with Gasteiger partial charge in [-0.25, -0.2) is 4.39 Å².